The maximum absolute atomic E-state index is 13.6. The number of carbonyl (C=O) groups excluding carboxylic acids is 2. The number of aliphatic hydroxyl groups is 1. The number of aliphatic carboxylic acids is 1. The van der Waals surface area contributed by atoms with Crippen LogP contribution in [0.5, 0.6) is 11.5 Å². The number of guanidine groups is 1. The molecule has 1 aliphatic heterocycles. The van der Waals surface area contributed by atoms with Crippen LogP contribution in [0.3, 0.4) is 0 Å². The number of nitrogens with zero attached hydrogens (tertiary/aromatic N) is 2. The summed E-state index contributed by atoms with van der Waals surface area (Å²) in [4.78, 5) is 42.7. The number of aromatic hydroxyl groups is 2. The number of hydrogen-bond acceptors (Lipinski definition) is 10. The number of β-amino-alcohol motifs (C(OH)–C–C–N with tert-alkyl or cyclic N) is 1. The molecule has 0 aromatic heterocycles. The van der Waals surface area contributed by atoms with Gasteiger partial charge in [-0.05, 0) is 24.3 Å². The Balaban J connectivity index is 2.06. The molecule has 0 bridgehead atoms. The zero-order chi connectivity index (χ0) is 26.6. The third-order valence-corrected chi connectivity index (χ3v) is 5.66. The molecule has 0 saturated heterocycles. The lowest BCUT2D eigenvalue weighted by atomic mass is 9.99. The van der Waals surface area contributed by atoms with Crippen LogP contribution in [0, 0.1) is 0 Å². The van der Waals surface area contributed by atoms with Gasteiger partial charge in [0.15, 0.2) is 5.96 Å². The monoisotopic (exact) mass is 539 g/mol. The van der Waals surface area contributed by atoms with Gasteiger partial charge in [-0.3, -0.25) is 24.3 Å². The number of nitrogens with two attached hydrogens (primary N) is 1. The minimum absolute atomic E-state index is 0.0329. The quantitative estimate of drug-likeness (QED) is 0.269. The number of nitrogens with one attached hydrogen (secondary N) is 2. The van der Waals surface area contributed by atoms with E-state index in [2.05, 4.69) is 15.6 Å². The van der Waals surface area contributed by atoms with Crippen LogP contribution in [0.2, 0.25) is 10.0 Å². The molecule has 0 saturated carbocycles. The number of hydrogen-bond donors (Lipinski definition) is 7. The number of halogens is 2. The summed E-state index contributed by atoms with van der Waals surface area (Å²) in [6.45, 7) is -0.289. The van der Waals surface area contributed by atoms with Gasteiger partial charge >= 0.3 is 5.97 Å². The van der Waals surface area contributed by atoms with Gasteiger partial charge in [0.25, 0.3) is 5.91 Å². The number of phenolic OH excluding ortho intramolecular Hbond substituents is 2. The lowest BCUT2D eigenvalue weighted by Gasteiger charge is -2.30. The number of carboxylic acids is 1. The molecular weight excluding hydrogens is 517 g/mol. The van der Waals surface area contributed by atoms with Crippen molar-refractivity contribution in [2.75, 3.05) is 25.0 Å². The molecule has 2 aromatic carbocycles. The first-order chi connectivity index (χ1) is 17.0. The normalized spacial score (nSPS) is 15.9. The highest BCUT2D eigenvalue weighted by Gasteiger charge is 2.35. The summed E-state index contributed by atoms with van der Waals surface area (Å²) in [7, 11) is 0. The third kappa shape index (κ3) is 6.34. The number of aliphatic imine (C=N–C) groups is 1. The van der Waals surface area contributed by atoms with Crippen molar-refractivity contribution in [2.24, 2.45) is 10.7 Å². The van der Waals surface area contributed by atoms with Crippen molar-refractivity contribution in [3.8, 4) is 11.5 Å². The predicted molar refractivity (Wildman–Crippen MR) is 131 cm³/mol. The Morgan fingerprint density at radius 2 is 1.92 bits per heavy atom. The molecule has 3 rings (SSSR count). The van der Waals surface area contributed by atoms with E-state index < -0.39 is 48.6 Å². The molecule has 0 spiro atoms. The molecule has 0 radical (unpaired) electrons. The molecule has 2 unspecified atom stereocenters. The third-order valence-electron chi connectivity index (χ3n) is 5.15. The van der Waals surface area contributed by atoms with Gasteiger partial charge < -0.3 is 36.8 Å². The van der Waals surface area contributed by atoms with Crippen LogP contribution >= 0.6 is 23.2 Å². The van der Waals surface area contributed by atoms with Crippen LogP contribution in [-0.2, 0) is 9.59 Å². The summed E-state index contributed by atoms with van der Waals surface area (Å²) < 4.78 is 0. The summed E-state index contributed by atoms with van der Waals surface area (Å²) in [6, 6.07) is 4.54. The molecule has 8 N–H and O–H groups in total. The number of imide groups is 1. The number of phenols is 2. The smallest absolute Gasteiger partial charge is 0.305 e. The molecule has 36 heavy (non-hydrogen) atoms. The van der Waals surface area contributed by atoms with Crippen LogP contribution in [0.4, 0.5) is 5.69 Å². The molecule has 2 atom stereocenters. The van der Waals surface area contributed by atoms with E-state index in [1.807, 2.05) is 0 Å². The number of amides is 2. The minimum atomic E-state index is -1.54. The number of carboxylic acid groups (broad SMARTS) is 1. The van der Waals surface area contributed by atoms with Gasteiger partial charge in [-0.1, -0.05) is 23.2 Å². The van der Waals surface area contributed by atoms with Gasteiger partial charge in [0.05, 0.1) is 36.7 Å². The molecule has 2 aromatic rings. The van der Waals surface area contributed by atoms with Gasteiger partial charge in [-0.2, -0.15) is 0 Å². The number of carbonyl (C=O) groups is 3. The maximum Gasteiger partial charge on any atom is 0.305 e. The fourth-order valence-electron chi connectivity index (χ4n) is 3.57. The first kappa shape index (κ1) is 27.0. The molecular formula is C22H23Cl2N5O7. The largest absolute Gasteiger partial charge is 0.508 e. The molecule has 2 amide bonds. The second kappa shape index (κ2) is 11.4. The van der Waals surface area contributed by atoms with Gasteiger partial charge in [0.1, 0.15) is 11.5 Å². The molecule has 14 heteroatoms. The van der Waals surface area contributed by atoms with Crippen LogP contribution in [-0.4, -0.2) is 74.8 Å². The van der Waals surface area contributed by atoms with Gasteiger partial charge in [-0.25, -0.2) is 0 Å². The van der Waals surface area contributed by atoms with E-state index >= 15 is 0 Å². The average molecular weight is 540 g/mol. The Morgan fingerprint density at radius 3 is 2.53 bits per heavy atom. The Kier molecular flexibility index (Phi) is 8.58. The second-order valence-corrected chi connectivity index (χ2v) is 8.67. The zero-order valence-electron chi connectivity index (χ0n) is 18.6. The van der Waals surface area contributed by atoms with Gasteiger partial charge in [-0.15, -0.1) is 0 Å². The first-order valence-electron chi connectivity index (χ1n) is 10.5. The van der Waals surface area contributed by atoms with Crippen molar-refractivity contribution in [3.63, 3.8) is 0 Å². The summed E-state index contributed by atoms with van der Waals surface area (Å²) in [5, 5.41) is 45.3. The van der Waals surface area contributed by atoms with E-state index in [-0.39, 0.29) is 51.7 Å². The SMILES string of the molecule is NCC(=O)N(C(=O)c1cc(O)cc(NC2=NCC(O)CN2)c1)C(CC(=O)O)c1cc(Cl)cc(Cl)c1O. The molecule has 0 fully saturated rings. The standard InChI is InChI=1S/C22H23Cl2N5O7/c23-11-3-15(20(35)16(24)4-11)17(6-19(33)34)29(18(32)7-25)21(36)10-1-12(5-13(30)2-10)28-22-26-8-14(31)9-27-22/h1-5,14,17,30-31,35H,6-9,25H2,(H,33,34)(H2,26,27,28). The highest BCUT2D eigenvalue weighted by molar-refractivity contribution is 6.35. The van der Waals surface area contributed by atoms with Crippen molar-refractivity contribution in [3.05, 3.63) is 51.5 Å². The van der Waals surface area contributed by atoms with Crippen LogP contribution in [0.1, 0.15) is 28.4 Å². The fourth-order valence-corrected chi connectivity index (χ4v) is 4.08. The van der Waals surface area contributed by atoms with Crippen molar-refractivity contribution in [1.82, 2.24) is 10.2 Å². The van der Waals surface area contributed by atoms with Crippen molar-refractivity contribution < 1.29 is 34.8 Å². The summed E-state index contributed by atoms with van der Waals surface area (Å²) in [5.74, 6) is -3.96. The van der Waals surface area contributed by atoms with E-state index in [0.29, 0.717) is 4.90 Å². The zero-order valence-corrected chi connectivity index (χ0v) is 20.1. The summed E-state index contributed by atoms with van der Waals surface area (Å²) in [5.41, 5.74) is 5.36. The summed E-state index contributed by atoms with van der Waals surface area (Å²) in [6.07, 6.45) is -1.45. The number of benzene rings is 2. The maximum atomic E-state index is 13.6. The Bertz CT molecular complexity index is 1220. The van der Waals surface area contributed by atoms with E-state index in [4.69, 9.17) is 28.9 Å². The van der Waals surface area contributed by atoms with E-state index in [1.54, 1.807) is 0 Å². The van der Waals surface area contributed by atoms with E-state index in [9.17, 15) is 34.8 Å². The number of rotatable bonds is 7. The second-order valence-electron chi connectivity index (χ2n) is 7.83. The first-order valence-corrected chi connectivity index (χ1v) is 11.3. The van der Waals surface area contributed by atoms with Gasteiger partial charge in [0, 0.05) is 34.4 Å². The lowest BCUT2D eigenvalue weighted by Crippen LogP contribution is -2.44. The summed E-state index contributed by atoms with van der Waals surface area (Å²) >= 11 is 12.0. The van der Waals surface area contributed by atoms with Crippen molar-refractivity contribution >= 4 is 52.6 Å². The highest BCUT2D eigenvalue weighted by atomic mass is 35.5. The topological polar surface area (TPSA) is 198 Å². The van der Waals surface area contributed by atoms with Crippen molar-refractivity contribution in [2.45, 2.75) is 18.6 Å². The molecule has 12 nitrogen and oxygen atoms in total. The molecule has 1 heterocycles. The minimum Gasteiger partial charge on any atom is -0.508 e. The van der Waals surface area contributed by atoms with E-state index in [1.165, 1.54) is 24.3 Å². The molecule has 0 aliphatic carbocycles. The highest BCUT2D eigenvalue weighted by Crippen LogP contribution is 2.39. The Morgan fingerprint density at radius 1 is 1.19 bits per heavy atom. The number of aliphatic hydroxyl groups excluding tert-OH is 1. The predicted octanol–water partition coefficient (Wildman–Crippen LogP) is 1.28. The van der Waals surface area contributed by atoms with Crippen LogP contribution in [0.25, 0.3) is 0 Å². The fraction of sp³-hybridized carbons (Fsp3) is 0.273. The van der Waals surface area contributed by atoms with Crippen LogP contribution in [0.15, 0.2) is 35.3 Å². The number of anilines is 1. The Hall–Kier alpha value is -3.58. The average Bonchev–Trinajstić information content (AvgIpc) is 2.81. The van der Waals surface area contributed by atoms with E-state index in [0.717, 1.165) is 6.07 Å². The van der Waals surface area contributed by atoms with Crippen LogP contribution < -0.4 is 16.4 Å². The lowest BCUT2D eigenvalue weighted by molar-refractivity contribution is -0.139. The molecule has 1 aliphatic rings. The Labute approximate surface area is 214 Å². The van der Waals surface area contributed by atoms with Crippen molar-refractivity contribution in [1.29, 1.82) is 0 Å². The molecule has 192 valence electrons. The van der Waals surface area contributed by atoms with Gasteiger partial charge in [0.2, 0.25) is 5.91 Å².